The molecule has 0 unspecified atom stereocenters. The van der Waals surface area contributed by atoms with Crippen LogP contribution >= 0.6 is 27.5 Å². The van der Waals surface area contributed by atoms with Gasteiger partial charge in [0.1, 0.15) is 0 Å². The van der Waals surface area contributed by atoms with E-state index in [1.807, 2.05) is 24.3 Å². The smallest absolute Gasteiger partial charge is 0.252 e. The topological polar surface area (TPSA) is 17.1 Å². The van der Waals surface area contributed by atoms with E-state index in [1.54, 1.807) is 24.3 Å². The number of hydrogen-bond donors (Lipinski definition) is 0. The molecule has 0 aliphatic carbocycles. The van der Waals surface area contributed by atoms with Crippen LogP contribution in [-0.4, -0.2) is 5.24 Å². The van der Waals surface area contributed by atoms with Gasteiger partial charge in [0.25, 0.3) is 5.24 Å². The summed E-state index contributed by atoms with van der Waals surface area (Å²) in [7, 11) is 0. The van der Waals surface area contributed by atoms with Crippen LogP contribution < -0.4 is 0 Å². The molecule has 2 rings (SSSR count). The summed E-state index contributed by atoms with van der Waals surface area (Å²) in [4.78, 5) is 10.4. The van der Waals surface area contributed by atoms with E-state index in [0.29, 0.717) is 5.56 Å². The van der Waals surface area contributed by atoms with E-state index in [1.165, 1.54) is 5.56 Å². The molecule has 2 aromatic carbocycles. The van der Waals surface area contributed by atoms with E-state index in [4.69, 9.17) is 11.6 Å². The van der Waals surface area contributed by atoms with E-state index in [-0.39, 0.29) is 0 Å². The first-order chi connectivity index (χ1) is 8.24. The molecule has 0 fully saturated rings. The van der Waals surface area contributed by atoms with Crippen molar-refractivity contribution in [3.63, 3.8) is 0 Å². The van der Waals surface area contributed by atoms with Gasteiger partial charge in [0.15, 0.2) is 0 Å². The van der Waals surface area contributed by atoms with Crippen molar-refractivity contribution in [2.75, 3.05) is 0 Å². The summed E-state index contributed by atoms with van der Waals surface area (Å²) in [5.41, 5.74) is 1.87. The molecule has 17 heavy (non-hydrogen) atoms. The minimum atomic E-state index is -0.407. The fourth-order valence-electron chi connectivity index (χ4n) is 1.14. The average molecular weight is 312 g/mol. The number of halogens is 2. The molecule has 0 bridgehead atoms. The zero-order chi connectivity index (χ0) is 12.5. The molecule has 1 nitrogen and oxygen atoms in total. The second-order valence-corrected chi connectivity index (χ2v) is 4.16. The van der Waals surface area contributed by atoms with Crippen molar-refractivity contribution in [1.82, 2.24) is 0 Å². The number of alkyl halides is 1. The van der Waals surface area contributed by atoms with Gasteiger partial charge >= 0.3 is 0 Å². The Morgan fingerprint density at radius 2 is 1.41 bits per heavy atom. The Labute approximate surface area is 115 Å². The predicted molar refractivity (Wildman–Crippen MR) is 75.7 cm³/mol. The van der Waals surface area contributed by atoms with Crippen molar-refractivity contribution in [3.05, 3.63) is 71.8 Å². The highest BCUT2D eigenvalue weighted by molar-refractivity contribution is 9.08. The molecule has 0 atom stereocenters. The minimum absolute atomic E-state index is 0.407. The van der Waals surface area contributed by atoms with E-state index in [9.17, 15) is 4.79 Å². The molecule has 0 aliphatic rings. The largest absolute Gasteiger partial charge is 0.276 e. The van der Waals surface area contributed by atoms with Crippen LogP contribution in [0.2, 0.25) is 0 Å². The van der Waals surface area contributed by atoms with Crippen LogP contribution in [0, 0.1) is 0 Å². The molecule has 0 saturated carbocycles. The van der Waals surface area contributed by atoms with Crippen LogP contribution in [0.5, 0.6) is 0 Å². The van der Waals surface area contributed by atoms with Gasteiger partial charge < -0.3 is 0 Å². The Bertz CT molecular complexity index is 442. The number of carbonyl (C=O) groups excluding carboxylic acids is 1. The van der Waals surface area contributed by atoms with Gasteiger partial charge in [-0.15, -0.1) is 0 Å². The molecule has 0 spiro atoms. The molecular weight excluding hydrogens is 300 g/mol. The fourth-order valence-corrected chi connectivity index (χ4v) is 1.64. The maximum absolute atomic E-state index is 10.4. The zero-order valence-corrected chi connectivity index (χ0v) is 11.5. The van der Waals surface area contributed by atoms with Gasteiger partial charge in [-0.1, -0.05) is 76.6 Å². The Morgan fingerprint density at radius 3 is 1.71 bits per heavy atom. The second-order valence-electron chi connectivity index (χ2n) is 3.26. The third-order valence-corrected chi connectivity index (χ3v) is 2.86. The Morgan fingerprint density at radius 1 is 0.941 bits per heavy atom. The van der Waals surface area contributed by atoms with E-state index < -0.39 is 5.24 Å². The lowest BCUT2D eigenvalue weighted by Gasteiger charge is -1.88. The number of rotatable bonds is 2. The summed E-state index contributed by atoms with van der Waals surface area (Å²) in [5, 5.41) is 0.545. The van der Waals surface area contributed by atoms with Crippen LogP contribution in [0.3, 0.4) is 0 Å². The van der Waals surface area contributed by atoms with Crippen molar-refractivity contribution in [2.24, 2.45) is 0 Å². The lowest BCUT2D eigenvalue weighted by atomic mass is 10.2. The van der Waals surface area contributed by atoms with Crippen molar-refractivity contribution < 1.29 is 4.79 Å². The monoisotopic (exact) mass is 310 g/mol. The van der Waals surface area contributed by atoms with Gasteiger partial charge in [-0.25, -0.2) is 0 Å². The first-order valence-electron chi connectivity index (χ1n) is 5.09. The standard InChI is InChI=1S/C7H7Br.C7H5ClO/c8-6-7-4-2-1-3-5-7;8-7(9)6-4-2-1-3-5-6/h1-5H,6H2;1-5H. The van der Waals surface area contributed by atoms with E-state index >= 15 is 0 Å². The van der Waals surface area contributed by atoms with Crippen molar-refractivity contribution in [2.45, 2.75) is 5.33 Å². The molecule has 0 saturated heterocycles. The SMILES string of the molecule is BrCc1ccccc1.O=C(Cl)c1ccccc1. The van der Waals surface area contributed by atoms with Gasteiger partial charge in [0, 0.05) is 10.9 Å². The van der Waals surface area contributed by atoms with Gasteiger partial charge in [-0.3, -0.25) is 4.79 Å². The maximum Gasteiger partial charge on any atom is 0.252 e. The first-order valence-corrected chi connectivity index (χ1v) is 6.58. The maximum atomic E-state index is 10.4. The van der Waals surface area contributed by atoms with Crippen LogP contribution in [-0.2, 0) is 5.33 Å². The molecule has 0 radical (unpaired) electrons. The third kappa shape index (κ3) is 5.66. The summed E-state index contributed by atoms with van der Waals surface area (Å²) < 4.78 is 0. The van der Waals surface area contributed by atoms with Crippen LogP contribution in [0.1, 0.15) is 15.9 Å². The third-order valence-electron chi connectivity index (χ3n) is 2.00. The highest BCUT2D eigenvalue weighted by Crippen LogP contribution is 2.02. The van der Waals surface area contributed by atoms with E-state index in [0.717, 1.165) is 5.33 Å². The Kier molecular flexibility index (Phi) is 6.60. The molecule has 0 heterocycles. The zero-order valence-electron chi connectivity index (χ0n) is 9.14. The van der Waals surface area contributed by atoms with Gasteiger partial charge in [-0.2, -0.15) is 0 Å². The predicted octanol–water partition coefficient (Wildman–Crippen LogP) is 4.65. The average Bonchev–Trinajstić information content (AvgIpc) is 2.41. The number of carbonyl (C=O) groups is 1. The summed E-state index contributed by atoms with van der Waals surface area (Å²) in [6.07, 6.45) is 0. The lowest BCUT2D eigenvalue weighted by molar-refractivity contribution is 0.108. The highest BCUT2D eigenvalue weighted by Gasteiger charge is 1.95. The molecule has 0 amide bonds. The number of benzene rings is 2. The van der Waals surface area contributed by atoms with Crippen LogP contribution in [0.15, 0.2) is 60.7 Å². The van der Waals surface area contributed by atoms with Crippen LogP contribution in [0.4, 0.5) is 0 Å². The molecule has 0 aliphatic heterocycles. The summed E-state index contributed by atoms with van der Waals surface area (Å²) in [6, 6.07) is 19.0. The molecule has 0 N–H and O–H groups in total. The Balaban J connectivity index is 0.000000171. The van der Waals surface area contributed by atoms with Crippen molar-refractivity contribution in [3.8, 4) is 0 Å². The normalized spacial score (nSPS) is 9.06. The van der Waals surface area contributed by atoms with Crippen molar-refractivity contribution >= 4 is 32.8 Å². The van der Waals surface area contributed by atoms with Crippen molar-refractivity contribution in [1.29, 1.82) is 0 Å². The van der Waals surface area contributed by atoms with Crippen LogP contribution in [0.25, 0.3) is 0 Å². The highest BCUT2D eigenvalue weighted by atomic mass is 79.9. The number of hydrogen-bond acceptors (Lipinski definition) is 1. The fraction of sp³-hybridized carbons (Fsp3) is 0.0714. The summed E-state index contributed by atoms with van der Waals surface area (Å²) in [5.74, 6) is 0. The Hall–Kier alpha value is -1.12. The molecule has 3 heteroatoms. The quantitative estimate of drug-likeness (QED) is 0.583. The van der Waals surface area contributed by atoms with Gasteiger partial charge in [0.2, 0.25) is 0 Å². The summed E-state index contributed by atoms with van der Waals surface area (Å²) >= 11 is 8.52. The molecule has 0 aromatic heterocycles. The first kappa shape index (κ1) is 13.9. The minimum Gasteiger partial charge on any atom is -0.276 e. The lowest BCUT2D eigenvalue weighted by Crippen LogP contribution is -1.84. The van der Waals surface area contributed by atoms with Gasteiger partial charge in [0.05, 0.1) is 0 Å². The molecule has 88 valence electrons. The summed E-state index contributed by atoms with van der Waals surface area (Å²) in [6.45, 7) is 0. The molecular formula is C14H12BrClO. The van der Waals surface area contributed by atoms with E-state index in [2.05, 4.69) is 28.1 Å². The van der Waals surface area contributed by atoms with Gasteiger partial charge in [-0.05, 0) is 17.2 Å². The molecule has 2 aromatic rings. The second kappa shape index (κ2) is 8.04.